The van der Waals surface area contributed by atoms with Gasteiger partial charge in [0.25, 0.3) is 10.2 Å². The largest absolute Gasteiger partial charge is 0.369 e. The van der Waals surface area contributed by atoms with Crippen molar-refractivity contribution in [2.45, 2.75) is 18.8 Å². The van der Waals surface area contributed by atoms with Gasteiger partial charge < -0.3 is 10.7 Å². The Hall–Kier alpha value is -2.89. The van der Waals surface area contributed by atoms with Crippen LogP contribution in [0.25, 0.3) is 22.2 Å². The predicted octanol–water partition coefficient (Wildman–Crippen LogP) is 2.66. The van der Waals surface area contributed by atoms with E-state index in [-0.39, 0.29) is 23.9 Å². The van der Waals surface area contributed by atoms with Gasteiger partial charge in [-0.2, -0.15) is 13.1 Å². The Balaban J connectivity index is 1.56. The van der Waals surface area contributed by atoms with Crippen LogP contribution in [-0.4, -0.2) is 32.4 Å². The summed E-state index contributed by atoms with van der Waals surface area (Å²) in [5.41, 5.74) is 7.03. The lowest BCUT2D eigenvalue weighted by molar-refractivity contribution is -0.116. The number of amides is 1. The van der Waals surface area contributed by atoms with Crippen molar-refractivity contribution in [2.24, 2.45) is 11.7 Å². The molecule has 2 aromatic carbocycles. The molecule has 0 bridgehead atoms. The highest BCUT2D eigenvalue weighted by Gasteiger charge is 2.35. The Kier molecular flexibility index (Phi) is 5.97. The number of aromatic nitrogens is 1. The molecule has 0 spiro atoms. The monoisotopic (exact) mass is 466 g/mol. The Bertz CT molecular complexity index is 1270. The molecule has 0 saturated heterocycles. The van der Waals surface area contributed by atoms with Crippen LogP contribution in [0.1, 0.15) is 24.3 Å². The topological polar surface area (TPSA) is 117 Å². The number of carbonyl (C=O) groups excluding carboxylic acids is 1. The van der Waals surface area contributed by atoms with E-state index in [9.17, 15) is 26.4 Å². The molecule has 1 fully saturated rings. The first kappa shape index (κ1) is 22.3. The molecule has 1 saturated carbocycles. The van der Waals surface area contributed by atoms with Crippen LogP contribution in [0.3, 0.4) is 0 Å². The zero-order valence-electron chi connectivity index (χ0n) is 16.8. The standard InChI is InChI=1S/C21H21F3N4O3S/c22-14-3-1-12(2-4-14)20-19(16-7-15(23)8-17(24)21(16)28-20)13-5-11(6-13)9-26-32(30,31)27-10-18(25)29/h1-4,7-8,11,13,26-28H,5-6,9-10H2,(H2,25,29)/t11-,13-. The molecular formula is C21H21F3N4O3S. The molecule has 1 aliphatic rings. The van der Waals surface area contributed by atoms with Crippen LogP contribution in [-0.2, 0) is 15.0 Å². The van der Waals surface area contributed by atoms with E-state index >= 15 is 0 Å². The molecule has 1 aliphatic carbocycles. The van der Waals surface area contributed by atoms with Gasteiger partial charge in [0.15, 0.2) is 0 Å². The van der Waals surface area contributed by atoms with E-state index in [2.05, 4.69) is 9.71 Å². The lowest BCUT2D eigenvalue weighted by atomic mass is 9.70. The second-order valence-corrected chi connectivity index (χ2v) is 9.49. The average molecular weight is 466 g/mol. The molecule has 3 aromatic rings. The van der Waals surface area contributed by atoms with Crippen LogP contribution in [0.4, 0.5) is 13.2 Å². The first-order valence-corrected chi connectivity index (χ1v) is 11.4. The Labute approximate surface area is 182 Å². The fourth-order valence-electron chi connectivity index (χ4n) is 4.09. The van der Waals surface area contributed by atoms with E-state index in [4.69, 9.17) is 5.73 Å². The summed E-state index contributed by atoms with van der Waals surface area (Å²) in [7, 11) is -3.86. The van der Waals surface area contributed by atoms with Gasteiger partial charge in [-0.15, -0.1) is 0 Å². The van der Waals surface area contributed by atoms with Crippen LogP contribution in [0.5, 0.6) is 0 Å². The fraction of sp³-hybridized carbons (Fsp3) is 0.286. The van der Waals surface area contributed by atoms with Gasteiger partial charge in [0.05, 0.1) is 17.8 Å². The smallest absolute Gasteiger partial charge is 0.277 e. The van der Waals surface area contributed by atoms with Gasteiger partial charge in [-0.25, -0.2) is 17.9 Å². The third-order valence-corrected chi connectivity index (χ3v) is 6.71. The van der Waals surface area contributed by atoms with Crippen LogP contribution in [0.15, 0.2) is 36.4 Å². The zero-order chi connectivity index (χ0) is 23.0. The van der Waals surface area contributed by atoms with E-state index in [1.807, 2.05) is 4.72 Å². The number of benzene rings is 2. The SMILES string of the molecule is NC(=O)CNS(=O)(=O)NC[C@H]1C[C@H](c2c(-c3ccc(F)cc3)[nH]c3c(F)cc(F)cc32)C1. The minimum Gasteiger partial charge on any atom is -0.369 e. The average Bonchev–Trinajstić information content (AvgIpc) is 3.05. The Morgan fingerprint density at radius 1 is 1.06 bits per heavy atom. The summed E-state index contributed by atoms with van der Waals surface area (Å²) in [4.78, 5) is 13.8. The number of nitrogens with two attached hydrogens (primary N) is 1. The number of hydrogen-bond acceptors (Lipinski definition) is 3. The number of H-pyrrole nitrogens is 1. The van der Waals surface area contributed by atoms with Gasteiger partial charge in [-0.1, -0.05) is 0 Å². The van der Waals surface area contributed by atoms with Gasteiger partial charge in [0.1, 0.15) is 17.5 Å². The molecule has 5 N–H and O–H groups in total. The van der Waals surface area contributed by atoms with E-state index in [0.717, 1.165) is 11.6 Å². The van der Waals surface area contributed by atoms with E-state index in [1.165, 1.54) is 18.2 Å². The molecule has 11 heteroatoms. The normalized spacial score (nSPS) is 18.6. The summed E-state index contributed by atoms with van der Waals surface area (Å²) >= 11 is 0. The minimum atomic E-state index is -3.86. The van der Waals surface area contributed by atoms with Crippen molar-refractivity contribution in [3.63, 3.8) is 0 Å². The van der Waals surface area contributed by atoms with Crippen molar-refractivity contribution in [3.8, 4) is 11.3 Å². The van der Waals surface area contributed by atoms with Crippen molar-refractivity contribution >= 4 is 27.0 Å². The van der Waals surface area contributed by atoms with Gasteiger partial charge >= 0.3 is 0 Å². The number of halogens is 3. The first-order chi connectivity index (χ1) is 15.1. The summed E-state index contributed by atoms with van der Waals surface area (Å²) in [6, 6.07) is 7.77. The first-order valence-electron chi connectivity index (χ1n) is 9.92. The number of nitrogens with one attached hydrogen (secondary N) is 3. The molecular weight excluding hydrogens is 445 g/mol. The zero-order valence-corrected chi connectivity index (χ0v) is 17.6. The Morgan fingerprint density at radius 2 is 1.75 bits per heavy atom. The maximum Gasteiger partial charge on any atom is 0.277 e. The third-order valence-electron chi connectivity index (χ3n) is 5.64. The summed E-state index contributed by atoms with van der Waals surface area (Å²) in [5, 5.41) is 0.411. The highest BCUT2D eigenvalue weighted by atomic mass is 32.2. The summed E-state index contributed by atoms with van der Waals surface area (Å²) in [6.07, 6.45) is 1.16. The highest BCUT2D eigenvalue weighted by Crippen LogP contribution is 2.48. The van der Waals surface area contributed by atoms with Gasteiger partial charge in [0.2, 0.25) is 5.91 Å². The second kappa shape index (κ2) is 8.57. The van der Waals surface area contributed by atoms with Crippen LogP contribution < -0.4 is 15.2 Å². The van der Waals surface area contributed by atoms with Crippen LogP contribution in [0.2, 0.25) is 0 Å². The molecule has 1 heterocycles. The maximum atomic E-state index is 14.4. The lowest BCUT2D eigenvalue weighted by Crippen LogP contribution is -2.44. The summed E-state index contributed by atoms with van der Waals surface area (Å²) in [6.45, 7) is -0.363. The van der Waals surface area contributed by atoms with Crippen LogP contribution >= 0.6 is 0 Å². The van der Waals surface area contributed by atoms with E-state index < -0.39 is 40.1 Å². The van der Waals surface area contributed by atoms with Gasteiger partial charge in [-0.05, 0) is 66.1 Å². The van der Waals surface area contributed by atoms with Crippen molar-refractivity contribution in [3.05, 3.63) is 59.4 Å². The molecule has 0 radical (unpaired) electrons. The van der Waals surface area contributed by atoms with Gasteiger partial charge in [0, 0.05) is 18.0 Å². The number of aromatic amines is 1. The molecule has 0 aliphatic heterocycles. The van der Waals surface area contributed by atoms with Crippen LogP contribution in [0, 0.1) is 23.4 Å². The molecule has 4 rings (SSSR count). The summed E-state index contributed by atoms with van der Waals surface area (Å²) in [5.74, 6) is -2.72. The molecule has 0 atom stereocenters. The van der Waals surface area contributed by atoms with Gasteiger partial charge in [-0.3, -0.25) is 4.79 Å². The predicted molar refractivity (Wildman–Crippen MR) is 113 cm³/mol. The molecule has 32 heavy (non-hydrogen) atoms. The number of carbonyl (C=O) groups is 1. The number of primary amides is 1. The molecule has 1 amide bonds. The second-order valence-electron chi connectivity index (χ2n) is 7.90. The van der Waals surface area contributed by atoms with Crippen molar-refractivity contribution in [1.82, 2.24) is 14.4 Å². The molecule has 0 unspecified atom stereocenters. The quantitative estimate of drug-likeness (QED) is 0.409. The molecule has 1 aromatic heterocycles. The molecule has 170 valence electrons. The molecule has 7 nitrogen and oxygen atoms in total. The fourth-order valence-corrected chi connectivity index (χ4v) is 4.98. The number of hydrogen-bond donors (Lipinski definition) is 4. The number of rotatable bonds is 8. The number of fused-ring (bicyclic) bond motifs is 1. The van der Waals surface area contributed by atoms with Crippen molar-refractivity contribution in [1.29, 1.82) is 0 Å². The summed E-state index contributed by atoms with van der Waals surface area (Å²) < 4.78 is 69.9. The third kappa shape index (κ3) is 4.64. The maximum absolute atomic E-state index is 14.4. The van der Waals surface area contributed by atoms with Crippen molar-refractivity contribution < 1.29 is 26.4 Å². The highest BCUT2D eigenvalue weighted by molar-refractivity contribution is 7.87. The minimum absolute atomic E-state index is 0.00502. The van der Waals surface area contributed by atoms with E-state index in [1.54, 1.807) is 12.1 Å². The van der Waals surface area contributed by atoms with Crippen molar-refractivity contribution in [2.75, 3.05) is 13.1 Å². The van der Waals surface area contributed by atoms with E-state index in [0.29, 0.717) is 29.5 Å². The Morgan fingerprint density at radius 3 is 2.41 bits per heavy atom. The lowest BCUT2D eigenvalue weighted by Gasteiger charge is -2.36.